The lowest BCUT2D eigenvalue weighted by molar-refractivity contribution is -0.383. The third-order valence-electron chi connectivity index (χ3n) is 4.26. The van der Waals surface area contributed by atoms with Crippen molar-refractivity contribution >= 4 is 27.3 Å². The molecule has 0 aliphatic rings. The number of hydrazine groups is 1. The van der Waals surface area contributed by atoms with Crippen LogP contribution in [0, 0.1) is 17.0 Å². The summed E-state index contributed by atoms with van der Waals surface area (Å²) < 4.78 is 30.0. The average molecular weight is 444 g/mol. The Morgan fingerprint density at radius 3 is 2.29 bits per heavy atom. The summed E-state index contributed by atoms with van der Waals surface area (Å²) in [5.74, 6) is 0.324. The third kappa shape index (κ3) is 5.43. The highest BCUT2D eigenvalue weighted by molar-refractivity contribution is 7.89. The summed E-state index contributed by atoms with van der Waals surface area (Å²) in [5.41, 5.74) is 3.55. The lowest BCUT2D eigenvalue weighted by Gasteiger charge is -2.11. The zero-order valence-electron chi connectivity index (χ0n) is 16.7. The maximum absolute atomic E-state index is 12.4. The Bertz CT molecular complexity index is 1170. The molecule has 0 bridgehead atoms. The van der Waals surface area contributed by atoms with E-state index in [2.05, 4.69) is 25.5 Å². The molecule has 12 heteroatoms. The van der Waals surface area contributed by atoms with Crippen LogP contribution >= 0.6 is 0 Å². The smallest absolute Gasteiger partial charge is 0.354 e. The molecule has 11 nitrogen and oxygen atoms in total. The van der Waals surface area contributed by atoms with E-state index in [0.717, 1.165) is 17.5 Å². The molecule has 0 aliphatic heterocycles. The van der Waals surface area contributed by atoms with E-state index in [1.807, 2.05) is 6.92 Å². The normalized spacial score (nSPS) is 11.0. The minimum Gasteiger partial charge on any atom is -0.497 e. The van der Waals surface area contributed by atoms with Crippen LogP contribution in [-0.2, 0) is 16.6 Å². The summed E-state index contributed by atoms with van der Waals surface area (Å²) in [4.78, 5) is 20.7. The molecule has 0 saturated carbocycles. The van der Waals surface area contributed by atoms with Gasteiger partial charge in [-0.05, 0) is 36.8 Å². The zero-order chi connectivity index (χ0) is 22.4. The van der Waals surface area contributed by atoms with E-state index in [4.69, 9.17) is 4.74 Å². The van der Waals surface area contributed by atoms with E-state index >= 15 is 0 Å². The van der Waals surface area contributed by atoms with Crippen molar-refractivity contribution in [2.45, 2.75) is 18.4 Å². The molecule has 3 N–H and O–H groups in total. The second kappa shape index (κ2) is 9.36. The van der Waals surface area contributed by atoms with Crippen LogP contribution < -0.4 is 20.3 Å². The summed E-state index contributed by atoms with van der Waals surface area (Å²) in [5, 5.41) is 14.5. The molecule has 0 radical (unpaired) electrons. The molecule has 0 unspecified atom stereocenters. The van der Waals surface area contributed by atoms with E-state index < -0.39 is 20.6 Å². The van der Waals surface area contributed by atoms with Crippen molar-refractivity contribution in [2.24, 2.45) is 0 Å². The molecule has 0 spiro atoms. The van der Waals surface area contributed by atoms with Crippen molar-refractivity contribution in [1.29, 1.82) is 0 Å². The Labute approximate surface area is 178 Å². The Morgan fingerprint density at radius 1 is 1.03 bits per heavy atom. The van der Waals surface area contributed by atoms with Crippen LogP contribution in [0.3, 0.4) is 0 Å². The molecule has 2 aromatic carbocycles. The van der Waals surface area contributed by atoms with E-state index in [1.165, 1.54) is 12.1 Å². The number of nitrogens with one attached hydrogen (secondary N) is 3. The number of ether oxygens (including phenoxy) is 1. The van der Waals surface area contributed by atoms with Crippen LogP contribution in [0.15, 0.2) is 59.8 Å². The molecule has 0 amide bonds. The number of aromatic nitrogens is 2. The number of anilines is 2. The molecular weight excluding hydrogens is 424 g/mol. The molecule has 1 aromatic heterocycles. The van der Waals surface area contributed by atoms with Crippen molar-refractivity contribution in [3.8, 4) is 5.75 Å². The summed E-state index contributed by atoms with van der Waals surface area (Å²) in [6.07, 6.45) is 1.09. The van der Waals surface area contributed by atoms with Gasteiger partial charge in [0.25, 0.3) is 10.0 Å². The zero-order valence-corrected chi connectivity index (χ0v) is 17.5. The van der Waals surface area contributed by atoms with E-state index in [0.29, 0.717) is 5.75 Å². The lowest BCUT2D eigenvalue weighted by atomic mass is 10.2. The number of benzene rings is 2. The van der Waals surface area contributed by atoms with Gasteiger partial charge < -0.3 is 10.1 Å². The first-order chi connectivity index (χ1) is 14.8. The first-order valence-electron chi connectivity index (χ1n) is 9.01. The standard InChI is InChI=1S/C19H20N6O5S/c1-13-3-9-16(10-4-13)31(28,29)24-23-19-17(25(26)27)18(21-12-22-19)20-11-14-5-7-15(30-2)8-6-14/h3-10,12,24H,11H2,1-2H3,(H2,20,21,22,23). The molecule has 0 saturated heterocycles. The van der Waals surface area contributed by atoms with Gasteiger partial charge in [-0.25, -0.2) is 18.4 Å². The first-order valence-corrected chi connectivity index (χ1v) is 10.5. The summed E-state index contributed by atoms with van der Waals surface area (Å²) in [6.45, 7) is 2.07. The van der Waals surface area contributed by atoms with Crippen LogP contribution in [0.5, 0.6) is 5.75 Å². The van der Waals surface area contributed by atoms with Crippen LogP contribution in [-0.4, -0.2) is 30.4 Å². The Kier molecular flexibility index (Phi) is 6.62. The van der Waals surface area contributed by atoms with Crippen LogP contribution in [0.25, 0.3) is 0 Å². The third-order valence-corrected chi connectivity index (χ3v) is 5.52. The fourth-order valence-electron chi connectivity index (χ4n) is 2.59. The van der Waals surface area contributed by atoms with Gasteiger partial charge >= 0.3 is 5.69 Å². The van der Waals surface area contributed by atoms with Crippen molar-refractivity contribution in [2.75, 3.05) is 17.9 Å². The SMILES string of the molecule is COc1ccc(CNc2ncnc(NNS(=O)(=O)c3ccc(C)cc3)c2[N+](=O)[O-])cc1. The Balaban J connectivity index is 1.77. The number of rotatable bonds is 9. The first kappa shape index (κ1) is 21.9. The number of hydrogen-bond donors (Lipinski definition) is 3. The number of methoxy groups -OCH3 is 1. The van der Waals surface area contributed by atoms with Crippen molar-refractivity contribution in [3.05, 3.63) is 76.1 Å². The van der Waals surface area contributed by atoms with Gasteiger partial charge in [0.1, 0.15) is 12.1 Å². The Morgan fingerprint density at radius 2 is 1.68 bits per heavy atom. The van der Waals surface area contributed by atoms with Gasteiger partial charge in [-0.2, -0.15) is 0 Å². The predicted molar refractivity (Wildman–Crippen MR) is 114 cm³/mol. The summed E-state index contributed by atoms with van der Waals surface area (Å²) in [6, 6.07) is 13.3. The second-order valence-corrected chi connectivity index (χ2v) is 8.10. The number of nitrogens with zero attached hydrogens (tertiary/aromatic N) is 3. The minimum absolute atomic E-state index is 0.000151. The van der Waals surface area contributed by atoms with Crippen molar-refractivity contribution in [1.82, 2.24) is 14.8 Å². The molecule has 0 atom stereocenters. The van der Waals surface area contributed by atoms with Crippen molar-refractivity contribution < 1.29 is 18.1 Å². The predicted octanol–water partition coefficient (Wildman–Crippen LogP) is 2.62. The number of nitro groups is 1. The van der Waals surface area contributed by atoms with Gasteiger partial charge in [-0.15, -0.1) is 4.83 Å². The van der Waals surface area contributed by atoms with Crippen molar-refractivity contribution in [3.63, 3.8) is 0 Å². The maximum atomic E-state index is 12.4. The molecule has 3 rings (SSSR count). The second-order valence-electron chi connectivity index (χ2n) is 6.42. The van der Waals surface area contributed by atoms with E-state index in [-0.39, 0.29) is 23.1 Å². The van der Waals surface area contributed by atoms with Gasteiger partial charge in [0.05, 0.1) is 16.9 Å². The van der Waals surface area contributed by atoms with Crippen LogP contribution in [0.1, 0.15) is 11.1 Å². The molecule has 31 heavy (non-hydrogen) atoms. The largest absolute Gasteiger partial charge is 0.497 e. The monoisotopic (exact) mass is 444 g/mol. The molecule has 3 aromatic rings. The topological polar surface area (TPSA) is 148 Å². The highest BCUT2D eigenvalue weighted by atomic mass is 32.2. The number of hydrogen-bond acceptors (Lipinski definition) is 9. The average Bonchev–Trinajstić information content (AvgIpc) is 2.76. The van der Waals surface area contributed by atoms with Gasteiger partial charge in [0, 0.05) is 6.54 Å². The fourth-order valence-corrected chi connectivity index (χ4v) is 3.44. The fraction of sp³-hybridized carbons (Fsp3) is 0.158. The highest BCUT2D eigenvalue weighted by Gasteiger charge is 2.24. The number of aryl methyl sites for hydroxylation is 1. The van der Waals surface area contributed by atoms with Crippen LogP contribution in [0.2, 0.25) is 0 Å². The highest BCUT2D eigenvalue weighted by Crippen LogP contribution is 2.29. The molecule has 162 valence electrons. The molecule has 0 aliphatic carbocycles. The Hall–Kier alpha value is -3.77. The van der Waals surface area contributed by atoms with Crippen LogP contribution in [0.4, 0.5) is 17.3 Å². The van der Waals surface area contributed by atoms with E-state index in [1.54, 1.807) is 43.5 Å². The molecule has 1 heterocycles. The van der Waals surface area contributed by atoms with Gasteiger partial charge in [0.15, 0.2) is 0 Å². The molecule has 0 fully saturated rings. The van der Waals surface area contributed by atoms with Gasteiger partial charge in [0.2, 0.25) is 11.6 Å². The van der Waals surface area contributed by atoms with E-state index in [9.17, 15) is 18.5 Å². The number of sulfonamides is 1. The maximum Gasteiger partial charge on any atom is 0.354 e. The summed E-state index contributed by atoms with van der Waals surface area (Å²) >= 11 is 0. The lowest BCUT2D eigenvalue weighted by Crippen LogP contribution is -2.30. The quantitative estimate of drug-likeness (QED) is 0.334. The minimum atomic E-state index is -3.97. The van der Waals surface area contributed by atoms with Gasteiger partial charge in [-0.3, -0.25) is 15.5 Å². The summed E-state index contributed by atoms with van der Waals surface area (Å²) in [7, 11) is -2.41. The molecular formula is C19H20N6O5S. The van der Waals surface area contributed by atoms with Gasteiger partial charge in [-0.1, -0.05) is 29.8 Å².